The molecule has 1 heterocycles. The third-order valence-corrected chi connectivity index (χ3v) is 4.48. The number of carbonyl (C=O) groups excluding carboxylic acids is 1. The van der Waals surface area contributed by atoms with Gasteiger partial charge in [-0.2, -0.15) is 0 Å². The van der Waals surface area contributed by atoms with Crippen molar-refractivity contribution in [2.24, 2.45) is 0 Å². The van der Waals surface area contributed by atoms with Crippen molar-refractivity contribution in [3.8, 4) is 0 Å². The zero-order valence-electron chi connectivity index (χ0n) is 15.2. The first-order valence-corrected chi connectivity index (χ1v) is 8.51. The molecule has 1 unspecified atom stereocenters. The van der Waals surface area contributed by atoms with Crippen molar-refractivity contribution in [1.82, 2.24) is 10.2 Å². The van der Waals surface area contributed by atoms with Gasteiger partial charge in [0.2, 0.25) is 0 Å². The molecule has 1 aliphatic heterocycles. The Morgan fingerprint density at radius 3 is 2.48 bits per heavy atom. The lowest BCUT2D eigenvalue weighted by molar-refractivity contribution is -0.0954. The van der Waals surface area contributed by atoms with Crippen LogP contribution in [-0.2, 0) is 4.74 Å². The lowest BCUT2D eigenvalue weighted by Crippen LogP contribution is -2.57. The standard InChI is InChI=1S/C19H30N2O2/c1-13(2)16-9-7-8-10-17(16)15(4)20-18(22)21-12-19(5,6)23-11-14(21)3/h7-10,13-15H,11-12H2,1-6H3,(H,20,22)/t14-,15?/m0/s1. The van der Waals surface area contributed by atoms with Gasteiger partial charge in [-0.05, 0) is 44.7 Å². The first kappa shape index (κ1) is 17.8. The molecule has 1 N–H and O–H groups in total. The number of amides is 2. The number of rotatable bonds is 3. The van der Waals surface area contributed by atoms with E-state index in [0.29, 0.717) is 19.1 Å². The highest BCUT2D eigenvalue weighted by atomic mass is 16.5. The van der Waals surface area contributed by atoms with E-state index in [0.717, 1.165) is 0 Å². The molecule has 1 aliphatic rings. The molecule has 0 bridgehead atoms. The molecule has 0 saturated carbocycles. The lowest BCUT2D eigenvalue weighted by atomic mass is 9.93. The number of benzene rings is 1. The molecule has 1 fully saturated rings. The van der Waals surface area contributed by atoms with Gasteiger partial charge in [-0.3, -0.25) is 0 Å². The van der Waals surface area contributed by atoms with Crippen LogP contribution < -0.4 is 5.32 Å². The molecule has 1 aromatic carbocycles. The monoisotopic (exact) mass is 318 g/mol. The number of ether oxygens (including phenoxy) is 1. The maximum absolute atomic E-state index is 12.7. The van der Waals surface area contributed by atoms with E-state index in [2.05, 4.69) is 44.3 Å². The molecular formula is C19H30N2O2. The van der Waals surface area contributed by atoms with Crippen LogP contribution in [0.1, 0.15) is 64.6 Å². The number of nitrogens with zero attached hydrogens (tertiary/aromatic N) is 1. The van der Waals surface area contributed by atoms with Gasteiger partial charge in [-0.25, -0.2) is 4.79 Å². The summed E-state index contributed by atoms with van der Waals surface area (Å²) in [6.07, 6.45) is 0. The number of morpholine rings is 1. The fourth-order valence-electron chi connectivity index (χ4n) is 3.10. The van der Waals surface area contributed by atoms with Crippen LogP contribution in [0.5, 0.6) is 0 Å². The van der Waals surface area contributed by atoms with Gasteiger partial charge in [0, 0.05) is 0 Å². The Morgan fingerprint density at radius 2 is 1.87 bits per heavy atom. The fraction of sp³-hybridized carbons (Fsp3) is 0.632. The van der Waals surface area contributed by atoms with Crippen LogP contribution in [0, 0.1) is 0 Å². The van der Waals surface area contributed by atoms with Gasteiger partial charge in [-0.15, -0.1) is 0 Å². The molecule has 2 atom stereocenters. The summed E-state index contributed by atoms with van der Waals surface area (Å²) in [5, 5.41) is 3.16. The average Bonchev–Trinajstić information content (AvgIpc) is 2.49. The summed E-state index contributed by atoms with van der Waals surface area (Å²) in [5.41, 5.74) is 2.19. The topological polar surface area (TPSA) is 41.6 Å². The Bertz CT molecular complexity index is 554. The molecular weight excluding hydrogens is 288 g/mol. The van der Waals surface area contributed by atoms with Crippen LogP contribution >= 0.6 is 0 Å². The minimum Gasteiger partial charge on any atom is -0.372 e. The summed E-state index contributed by atoms with van der Waals surface area (Å²) in [4.78, 5) is 14.6. The zero-order valence-corrected chi connectivity index (χ0v) is 15.2. The Labute approximate surface area is 140 Å². The van der Waals surface area contributed by atoms with Crippen molar-refractivity contribution in [3.05, 3.63) is 35.4 Å². The number of nitrogens with one attached hydrogen (secondary N) is 1. The van der Waals surface area contributed by atoms with E-state index >= 15 is 0 Å². The van der Waals surface area contributed by atoms with E-state index in [1.807, 2.05) is 31.7 Å². The van der Waals surface area contributed by atoms with Crippen LogP contribution in [0.2, 0.25) is 0 Å². The average molecular weight is 318 g/mol. The molecule has 128 valence electrons. The van der Waals surface area contributed by atoms with Gasteiger partial charge in [-0.1, -0.05) is 38.1 Å². The number of hydrogen-bond donors (Lipinski definition) is 1. The van der Waals surface area contributed by atoms with Crippen molar-refractivity contribution >= 4 is 6.03 Å². The van der Waals surface area contributed by atoms with E-state index in [1.54, 1.807) is 0 Å². The van der Waals surface area contributed by atoms with E-state index in [4.69, 9.17) is 4.74 Å². The predicted molar refractivity (Wildman–Crippen MR) is 93.7 cm³/mol. The van der Waals surface area contributed by atoms with Crippen LogP contribution in [0.3, 0.4) is 0 Å². The molecule has 2 amide bonds. The van der Waals surface area contributed by atoms with Gasteiger partial charge >= 0.3 is 6.03 Å². The van der Waals surface area contributed by atoms with E-state index in [-0.39, 0.29) is 23.7 Å². The maximum Gasteiger partial charge on any atom is 0.318 e. The Hall–Kier alpha value is -1.55. The first-order chi connectivity index (χ1) is 10.7. The molecule has 2 rings (SSSR count). The molecule has 0 spiro atoms. The van der Waals surface area contributed by atoms with Gasteiger partial charge in [0.15, 0.2) is 0 Å². The maximum atomic E-state index is 12.7. The Kier molecular flexibility index (Phi) is 5.35. The van der Waals surface area contributed by atoms with Crippen molar-refractivity contribution in [1.29, 1.82) is 0 Å². The minimum atomic E-state index is -0.289. The molecule has 23 heavy (non-hydrogen) atoms. The van der Waals surface area contributed by atoms with Crippen molar-refractivity contribution in [3.63, 3.8) is 0 Å². The SMILES string of the molecule is CC(C)c1ccccc1C(C)NC(=O)N1CC(C)(C)OC[C@@H]1C. The second-order valence-electron chi connectivity index (χ2n) is 7.50. The van der Waals surface area contributed by atoms with Gasteiger partial charge < -0.3 is 15.0 Å². The van der Waals surface area contributed by atoms with Crippen molar-refractivity contribution in [2.45, 2.75) is 65.1 Å². The summed E-state index contributed by atoms with van der Waals surface area (Å²) < 4.78 is 5.78. The van der Waals surface area contributed by atoms with Crippen molar-refractivity contribution in [2.75, 3.05) is 13.2 Å². The van der Waals surface area contributed by atoms with Crippen LogP contribution in [0.25, 0.3) is 0 Å². The van der Waals surface area contributed by atoms with Crippen molar-refractivity contribution < 1.29 is 9.53 Å². The largest absolute Gasteiger partial charge is 0.372 e. The molecule has 4 nitrogen and oxygen atoms in total. The third-order valence-electron chi connectivity index (χ3n) is 4.48. The molecule has 1 saturated heterocycles. The smallest absolute Gasteiger partial charge is 0.318 e. The molecule has 4 heteroatoms. The van der Waals surface area contributed by atoms with Gasteiger partial charge in [0.25, 0.3) is 0 Å². The van der Waals surface area contributed by atoms with Crippen LogP contribution in [0.15, 0.2) is 24.3 Å². The highest BCUT2D eigenvalue weighted by Gasteiger charge is 2.34. The predicted octanol–water partition coefficient (Wildman–Crippen LogP) is 4.08. The molecule has 0 radical (unpaired) electrons. The van der Waals surface area contributed by atoms with E-state index in [1.165, 1.54) is 11.1 Å². The summed E-state index contributed by atoms with van der Waals surface area (Å²) in [5.74, 6) is 0.437. The third kappa shape index (κ3) is 4.25. The quantitative estimate of drug-likeness (QED) is 0.912. The summed E-state index contributed by atoms with van der Waals surface area (Å²) >= 11 is 0. The molecule has 0 aromatic heterocycles. The van der Waals surface area contributed by atoms with E-state index in [9.17, 15) is 4.79 Å². The molecule has 0 aliphatic carbocycles. The lowest BCUT2D eigenvalue weighted by Gasteiger charge is -2.42. The second-order valence-corrected chi connectivity index (χ2v) is 7.50. The summed E-state index contributed by atoms with van der Waals surface area (Å²) in [6, 6.07) is 8.40. The highest BCUT2D eigenvalue weighted by molar-refractivity contribution is 5.75. The molecule has 1 aromatic rings. The van der Waals surface area contributed by atoms with Crippen LogP contribution in [0.4, 0.5) is 4.79 Å². The summed E-state index contributed by atoms with van der Waals surface area (Å²) in [6.45, 7) is 13.7. The van der Waals surface area contributed by atoms with E-state index < -0.39 is 0 Å². The minimum absolute atomic E-state index is 0.0139. The number of hydrogen-bond acceptors (Lipinski definition) is 2. The second kappa shape index (κ2) is 6.91. The Morgan fingerprint density at radius 1 is 1.26 bits per heavy atom. The number of urea groups is 1. The van der Waals surface area contributed by atoms with Gasteiger partial charge in [0.1, 0.15) is 0 Å². The number of carbonyl (C=O) groups is 1. The highest BCUT2D eigenvalue weighted by Crippen LogP contribution is 2.26. The van der Waals surface area contributed by atoms with Gasteiger partial charge in [0.05, 0.1) is 30.8 Å². The first-order valence-electron chi connectivity index (χ1n) is 8.51. The fourth-order valence-corrected chi connectivity index (χ4v) is 3.10. The van der Waals surface area contributed by atoms with Crippen LogP contribution in [-0.4, -0.2) is 35.7 Å². The summed E-state index contributed by atoms with van der Waals surface area (Å²) in [7, 11) is 0. The normalized spacial score (nSPS) is 22.0. The zero-order chi connectivity index (χ0) is 17.2. The Balaban J connectivity index is 2.11.